The maximum atomic E-state index is 12.9. The third-order valence-electron chi connectivity index (χ3n) is 7.27. The molecule has 4 nitrogen and oxygen atoms in total. The van der Waals surface area contributed by atoms with E-state index in [1.54, 1.807) is 42.5 Å². The molecule has 4 bridgehead atoms. The van der Waals surface area contributed by atoms with Crippen LogP contribution in [0, 0.1) is 23.2 Å². The number of carbonyl (C=O) groups is 1. The molecule has 4 saturated carbocycles. The van der Waals surface area contributed by atoms with Crippen LogP contribution in [0.15, 0.2) is 48.5 Å². The van der Waals surface area contributed by atoms with E-state index < -0.39 is 0 Å². The minimum atomic E-state index is -0.290. The fourth-order valence-electron chi connectivity index (χ4n) is 6.43. The van der Waals surface area contributed by atoms with Crippen LogP contribution in [0.2, 0.25) is 0 Å². The van der Waals surface area contributed by atoms with Crippen molar-refractivity contribution in [2.24, 2.45) is 23.2 Å². The molecule has 4 aliphatic rings. The largest absolute Gasteiger partial charge is 0.508 e. The molecule has 2 aromatic carbocycles. The Morgan fingerprint density at radius 1 is 0.967 bits per heavy atom. The van der Waals surface area contributed by atoms with Crippen molar-refractivity contribution in [3.63, 3.8) is 0 Å². The standard InChI is InChI=1S/C26H28O4/c27-21-7-4-17(5-8-21)6-9-23(29)25-22(28)2-1-3-24(25)30-16-26-13-18-10-19(14-26)12-20(11-18)15-26/h1-9,18-20,27-28H,10-16H2/b9-6+. The summed E-state index contributed by atoms with van der Waals surface area (Å²) in [6.45, 7) is 0.627. The van der Waals surface area contributed by atoms with Crippen molar-refractivity contribution in [3.05, 3.63) is 59.7 Å². The Balaban J connectivity index is 1.33. The number of hydrogen-bond donors (Lipinski definition) is 2. The number of allylic oxidation sites excluding steroid dienone is 1. The van der Waals surface area contributed by atoms with E-state index >= 15 is 0 Å². The van der Waals surface area contributed by atoms with Gasteiger partial charge in [0.1, 0.15) is 22.8 Å². The molecule has 4 fully saturated rings. The highest BCUT2D eigenvalue weighted by Crippen LogP contribution is 2.60. The second-order valence-corrected chi connectivity index (χ2v) is 9.65. The Kier molecular flexibility index (Phi) is 4.80. The molecule has 0 atom stereocenters. The smallest absolute Gasteiger partial charge is 0.193 e. The van der Waals surface area contributed by atoms with E-state index in [0.717, 1.165) is 23.3 Å². The quantitative estimate of drug-likeness (QED) is 0.487. The second kappa shape index (κ2) is 7.50. The Morgan fingerprint density at radius 3 is 2.23 bits per heavy atom. The average Bonchev–Trinajstić information content (AvgIpc) is 2.71. The van der Waals surface area contributed by atoms with Crippen LogP contribution in [0.4, 0.5) is 0 Å². The van der Waals surface area contributed by atoms with Crippen molar-refractivity contribution < 1.29 is 19.7 Å². The van der Waals surface area contributed by atoms with E-state index in [2.05, 4.69) is 0 Å². The van der Waals surface area contributed by atoms with E-state index in [0.29, 0.717) is 12.4 Å². The van der Waals surface area contributed by atoms with Crippen molar-refractivity contribution in [3.8, 4) is 17.2 Å². The first-order valence-corrected chi connectivity index (χ1v) is 11.0. The van der Waals surface area contributed by atoms with Gasteiger partial charge in [0, 0.05) is 5.41 Å². The van der Waals surface area contributed by atoms with Gasteiger partial charge in [0.25, 0.3) is 0 Å². The molecule has 6 rings (SSSR count). The van der Waals surface area contributed by atoms with E-state index in [4.69, 9.17) is 4.74 Å². The van der Waals surface area contributed by atoms with Crippen LogP contribution in [0.25, 0.3) is 6.08 Å². The van der Waals surface area contributed by atoms with E-state index in [1.807, 2.05) is 0 Å². The normalized spacial score (nSPS) is 29.4. The van der Waals surface area contributed by atoms with Gasteiger partial charge in [0.2, 0.25) is 0 Å². The summed E-state index contributed by atoms with van der Waals surface area (Å²) < 4.78 is 6.24. The lowest BCUT2D eigenvalue weighted by Crippen LogP contribution is -2.48. The van der Waals surface area contributed by atoms with Gasteiger partial charge in [-0.1, -0.05) is 24.3 Å². The van der Waals surface area contributed by atoms with Crippen molar-refractivity contribution in [1.82, 2.24) is 0 Å². The van der Waals surface area contributed by atoms with Gasteiger partial charge in [0.05, 0.1) is 6.61 Å². The molecule has 0 amide bonds. The SMILES string of the molecule is O=C(/C=C/c1ccc(O)cc1)c1c(O)cccc1OCC12CC3CC(CC(C3)C1)C2. The first kappa shape index (κ1) is 19.2. The highest BCUT2D eigenvalue weighted by molar-refractivity contribution is 6.10. The first-order chi connectivity index (χ1) is 14.5. The van der Waals surface area contributed by atoms with Crippen molar-refractivity contribution >= 4 is 11.9 Å². The highest BCUT2D eigenvalue weighted by atomic mass is 16.5. The predicted molar refractivity (Wildman–Crippen MR) is 116 cm³/mol. The number of ether oxygens (including phenoxy) is 1. The van der Waals surface area contributed by atoms with Gasteiger partial charge in [-0.15, -0.1) is 0 Å². The van der Waals surface area contributed by atoms with Gasteiger partial charge in [-0.2, -0.15) is 0 Å². The van der Waals surface area contributed by atoms with Gasteiger partial charge in [-0.05, 0) is 92.2 Å². The summed E-state index contributed by atoms with van der Waals surface area (Å²) in [5, 5.41) is 19.8. The zero-order valence-electron chi connectivity index (χ0n) is 17.1. The minimum absolute atomic E-state index is 0.0571. The first-order valence-electron chi connectivity index (χ1n) is 11.0. The Labute approximate surface area is 177 Å². The molecular weight excluding hydrogens is 376 g/mol. The van der Waals surface area contributed by atoms with Crippen LogP contribution in [0.3, 0.4) is 0 Å². The topological polar surface area (TPSA) is 66.8 Å². The summed E-state index contributed by atoms with van der Waals surface area (Å²) in [5.74, 6) is 2.83. The van der Waals surface area contributed by atoms with E-state index in [9.17, 15) is 15.0 Å². The van der Waals surface area contributed by atoms with E-state index in [-0.39, 0.29) is 28.3 Å². The monoisotopic (exact) mass is 404 g/mol. The Morgan fingerprint density at radius 2 is 1.60 bits per heavy atom. The number of carbonyl (C=O) groups excluding carboxylic acids is 1. The number of ketones is 1. The maximum absolute atomic E-state index is 12.9. The maximum Gasteiger partial charge on any atom is 0.193 e. The highest BCUT2D eigenvalue weighted by Gasteiger charge is 2.51. The fraction of sp³-hybridized carbons (Fsp3) is 0.423. The average molecular weight is 405 g/mol. The van der Waals surface area contributed by atoms with Crippen LogP contribution in [-0.4, -0.2) is 22.6 Å². The Bertz CT molecular complexity index is 938. The molecule has 2 aromatic rings. The van der Waals surface area contributed by atoms with Crippen molar-refractivity contribution in [2.45, 2.75) is 38.5 Å². The molecular formula is C26H28O4. The molecule has 0 heterocycles. The lowest BCUT2D eigenvalue weighted by Gasteiger charge is -2.56. The van der Waals surface area contributed by atoms with Gasteiger partial charge < -0.3 is 14.9 Å². The van der Waals surface area contributed by atoms with Crippen LogP contribution in [0.5, 0.6) is 17.2 Å². The zero-order chi connectivity index (χ0) is 20.7. The molecule has 0 saturated heterocycles. The molecule has 2 N–H and O–H groups in total. The van der Waals surface area contributed by atoms with Crippen LogP contribution < -0.4 is 4.74 Å². The number of phenols is 2. The predicted octanol–water partition coefficient (Wildman–Crippen LogP) is 5.59. The van der Waals surface area contributed by atoms with Gasteiger partial charge in [-0.25, -0.2) is 0 Å². The molecule has 0 spiro atoms. The summed E-state index contributed by atoms with van der Waals surface area (Å²) in [5.41, 5.74) is 1.26. The molecule has 30 heavy (non-hydrogen) atoms. The lowest BCUT2D eigenvalue weighted by atomic mass is 9.50. The van der Waals surface area contributed by atoms with Crippen LogP contribution in [0.1, 0.15) is 54.4 Å². The number of hydrogen-bond acceptors (Lipinski definition) is 4. The summed E-state index contributed by atoms with van der Waals surface area (Å²) >= 11 is 0. The molecule has 4 heteroatoms. The van der Waals surface area contributed by atoms with Gasteiger partial charge in [0.15, 0.2) is 5.78 Å². The molecule has 0 aromatic heterocycles. The third kappa shape index (κ3) is 3.71. The number of rotatable bonds is 6. The second-order valence-electron chi connectivity index (χ2n) is 9.65. The summed E-state index contributed by atoms with van der Waals surface area (Å²) in [4.78, 5) is 12.9. The van der Waals surface area contributed by atoms with Crippen LogP contribution >= 0.6 is 0 Å². The van der Waals surface area contributed by atoms with Gasteiger partial charge in [-0.3, -0.25) is 4.79 Å². The van der Waals surface area contributed by atoms with E-state index in [1.165, 1.54) is 50.7 Å². The number of phenolic OH excluding ortho intramolecular Hbond substituents is 2. The molecule has 4 aliphatic carbocycles. The fourth-order valence-corrected chi connectivity index (χ4v) is 6.43. The summed E-state index contributed by atoms with van der Waals surface area (Å²) in [7, 11) is 0. The third-order valence-corrected chi connectivity index (χ3v) is 7.27. The molecule has 0 unspecified atom stereocenters. The zero-order valence-corrected chi connectivity index (χ0v) is 17.1. The van der Waals surface area contributed by atoms with Gasteiger partial charge >= 0.3 is 0 Å². The van der Waals surface area contributed by atoms with Crippen molar-refractivity contribution in [2.75, 3.05) is 6.61 Å². The Hall–Kier alpha value is -2.75. The number of benzene rings is 2. The summed E-state index contributed by atoms with van der Waals surface area (Å²) in [6.07, 6.45) is 11.0. The molecule has 156 valence electrons. The lowest BCUT2D eigenvalue weighted by molar-refractivity contribution is -0.0746. The van der Waals surface area contributed by atoms with Crippen molar-refractivity contribution in [1.29, 1.82) is 0 Å². The molecule has 0 radical (unpaired) electrons. The molecule has 0 aliphatic heterocycles. The van der Waals surface area contributed by atoms with Crippen LogP contribution in [-0.2, 0) is 0 Å². The summed E-state index contributed by atoms with van der Waals surface area (Å²) in [6, 6.07) is 11.6. The minimum Gasteiger partial charge on any atom is -0.508 e. The number of aromatic hydroxyl groups is 2.